The van der Waals surface area contributed by atoms with Gasteiger partial charge in [-0.05, 0) is 25.1 Å². The fraction of sp³-hybridized carbons (Fsp3) is 0.188. The predicted molar refractivity (Wildman–Crippen MR) is 88.2 cm³/mol. The number of carbonyl (C=O) groups is 1. The molecule has 0 bridgehead atoms. The quantitative estimate of drug-likeness (QED) is 0.430. The van der Waals surface area contributed by atoms with E-state index in [0.29, 0.717) is 11.3 Å². The lowest BCUT2D eigenvalue weighted by Gasteiger charge is -2.16. The summed E-state index contributed by atoms with van der Waals surface area (Å²) in [6.45, 7) is 1.59. The Morgan fingerprint density at radius 3 is 2.39 bits per heavy atom. The highest BCUT2D eigenvalue weighted by Gasteiger charge is 2.20. The van der Waals surface area contributed by atoms with Gasteiger partial charge in [0.2, 0.25) is 5.78 Å². The van der Waals surface area contributed by atoms with Crippen LogP contribution in [-0.4, -0.2) is 23.9 Å². The highest BCUT2D eigenvalue weighted by Crippen LogP contribution is 2.32. The molecule has 0 aliphatic heterocycles. The fourth-order valence-corrected chi connectivity index (χ4v) is 2.23. The van der Waals surface area contributed by atoms with E-state index in [-0.39, 0.29) is 17.2 Å². The normalized spacial score (nSPS) is 11.6. The molecule has 7 heteroatoms. The number of ether oxygens (including phenoxy) is 2. The van der Waals surface area contributed by atoms with Crippen LogP contribution in [0.15, 0.2) is 46.9 Å². The molecule has 2 aromatic carbocycles. The van der Waals surface area contributed by atoms with Crippen LogP contribution in [0.3, 0.4) is 0 Å². The Hall–Kier alpha value is -2.41. The van der Waals surface area contributed by atoms with Gasteiger partial charge in [0.1, 0.15) is 0 Å². The van der Waals surface area contributed by atoms with Crippen LogP contribution in [0.5, 0.6) is 11.5 Å². The number of nitro benzene ring substituents is 1. The molecule has 0 fully saturated rings. The highest BCUT2D eigenvalue weighted by molar-refractivity contribution is 9.10. The van der Waals surface area contributed by atoms with E-state index in [2.05, 4.69) is 15.9 Å². The third-order valence-corrected chi connectivity index (χ3v) is 3.69. The van der Waals surface area contributed by atoms with E-state index >= 15 is 0 Å². The lowest BCUT2D eigenvalue weighted by Crippen LogP contribution is -2.24. The molecule has 0 radical (unpaired) electrons. The minimum atomic E-state index is -0.813. The zero-order valence-corrected chi connectivity index (χ0v) is 14.1. The molecule has 1 unspecified atom stereocenters. The number of ketones is 1. The van der Waals surface area contributed by atoms with Crippen molar-refractivity contribution < 1.29 is 19.2 Å². The Bertz CT molecular complexity index is 730. The molecular formula is C16H14BrNO5. The van der Waals surface area contributed by atoms with Gasteiger partial charge in [-0.3, -0.25) is 14.9 Å². The number of benzene rings is 2. The molecule has 1 atom stereocenters. The van der Waals surface area contributed by atoms with E-state index in [1.54, 1.807) is 31.2 Å². The average molecular weight is 380 g/mol. The number of hydrogen-bond donors (Lipinski definition) is 0. The van der Waals surface area contributed by atoms with Gasteiger partial charge in [-0.15, -0.1) is 0 Å². The van der Waals surface area contributed by atoms with Crippen molar-refractivity contribution in [2.24, 2.45) is 0 Å². The second-order valence-electron chi connectivity index (χ2n) is 4.72. The van der Waals surface area contributed by atoms with Crippen LogP contribution in [0.1, 0.15) is 17.3 Å². The Balaban J connectivity index is 2.23. The first-order valence-electron chi connectivity index (χ1n) is 6.71. The first kappa shape index (κ1) is 17.0. The number of halogens is 1. The topological polar surface area (TPSA) is 78.7 Å². The fourth-order valence-electron chi connectivity index (χ4n) is 1.96. The van der Waals surface area contributed by atoms with E-state index < -0.39 is 11.0 Å². The Morgan fingerprint density at radius 2 is 1.83 bits per heavy atom. The largest absolute Gasteiger partial charge is 0.493 e. The molecule has 0 saturated carbocycles. The predicted octanol–water partition coefficient (Wildman–Crippen LogP) is 4.02. The van der Waals surface area contributed by atoms with Crippen LogP contribution in [0, 0.1) is 10.1 Å². The van der Waals surface area contributed by atoms with Gasteiger partial charge >= 0.3 is 0 Å². The van der Waals surface area contributed by atoms with Gasteiger partial charge in [-0.2, -0.15) is 0 Å². The van der Waals surface area contributed by atoms with E-state index in [1.807, 2.05) is 0 Å². The van der Waals surface area contributed by atoms with Crippen LogP contribution in [0.4, 0.5) is 5.69 Å². The summed E-state index contributed by atoms with van der Waals surface area (Å²) < 4.78 is 11.6. The molecule has 0 spiro atoms. The molecule has 0 aliphatic carbocycles. The number of nitro groups is 1. The van der Waals surface area contributed by atoms with Gasteiger partial charge in [-0.1, -0.05) is 28.1 Å². The average Bonchev–Trinajstić information content (AvgIpc) is 2.54. The molecule has 0 amide bonds. The van der Waals surface area contributed by atoms with Crippen molar-refractivity contribution in [3.8, 4) is 11.5 Å². The molecule has 6 nitrogen and oxygen atoms in total. The number of carbonyl (C=O) groups excluding carboxylic acids is 1. The lowest BCUT2D eigenvalue weighted by molar-refractivity contribution is -0.385. The van der Waals surface area contributed by atoms with E-state index in [1.165, 1.54) is 25.3 Å². The Labute approximate surface area is 141 Å². The van der Waals surface area contributed by atoms with Crippen LogP contribution in [0.25, 0.3) is 0 Å². The molecule has 120 valence electrons. The summed E-state index contributed by atoms with van der Waals surface area (Å²) in [5.41, 5.74) is 0.356. The summed E-state index contributed by atoms with van der Waals surface area (Å²) in [5.74, 6) is 0.247. The minimum absolute atomic E-state index is 0.135. The van der Waals surface area contributed by atoms with Gasteiger partial charge in [0.25, 0.3) is 5.69 Å². The number of nitrogens with zero attached hydrogens (tertiary/aromatic N) is 1. The molecule has 0 N–H and O–H groups in total. The van der Waals surface area contributed by atoms with E-state index in [4.69, 9.17) is 9.47 Å². The molecular weight excluding hydrogens is 366 g/mol. The number of methoxy groups -OCH3 is 1. The van der Waals surface area contributed by atoms with Crippen molar-refractivity contribution in [3.05, 3.63) is 62.6 Å². The second-order valence-corrected chi connectivity index (χ2v) is 5.64. The van der Waals surface area contributed by atoms with E-state index in [9.17, 15) is 14.9 Å². The maximum atomic E-state index is 12.4. The standard InChI is InChI=1S/C16H14BrNO5/c1-10(16(19)11-3-5-12(17)6-4-11)23-15-9-13(18(20)21)7-8-14(15)22-2/h3-10H,1-2H3. The summed E-state index contributed by atoms with van der Waals surface area (Å²) in [6.07, 6.45) is -0.813. The van der Waals surface area contributed by atoms with Crippen LogP contribution >= 0.6 is 15.9 Å². The first-order chi connectivity index (χ1) is 10.9. The van der Waals surface area contributed by atoms with Crippen LogP contribution < -0.4 is 9.47 Å². The van der Waals surface area contributed by atoms with Crippen LogP contribution in [-0.2, 0) is 0 Å². The van der Waals surface area contributed by atoms with Crippen molar-refractivity contribution in [2.75, 3.05) is 7.11 Å². The molecule has 2 rings (SSSR count). The smallest absolute Gasteiger partial charge is 0.273 e. The molecule has 2 aromatic rings. The number of rotatable bonds is 6. The Morgan fingerprint density at radius 1 is 1.17 bits per heavy atom. The Kier molecular flexibility index (Phi) is 5.33. The van der Waals surface area contributed by atoms with Gasteiger partial charge < -0.3 is 9.47 Å². The van der Waals surface area contributed by atoms with Gasteiger partial charge in [0, 0.05) is 16.1 Å². The number of non-ortho nitro benzene ring substituents is 1. The number of hydrogen-bond acceptors (Lipinski definition) is 5. The molecule has 23 heavy (non-hydrogen) atoms. The monoisotopic (exact) mass is 379 g/mol. The molecule has 0 heterocycles. The maximum Gasteiger partial charge on any atom is 0.273 e. The third kappa shape index (κ3) is 4.07. The van der Waals surface area contributed by atoms with Gasteiger partial charge in [0.05, 0.1) is 18.1 Å². The summed E-state index contributed by atoms with van der Waals surface area (Å²) in [5, 5.41) is 10.9. The zero-order chi connectivity index (χ0) is 17.0. The van der Waals surface area contributed by atoms with Crippen molar-refractivity contribution >= 4 is 27.4 Å². The summed E-state index contributed by atoms with van der Waals surface area (Å²) in [4.78, 5) is 22.7. The maximum absolute atomic E-state index is 12.4. The van der Waals surface area contributed by atoms with Crippen molar-refractivity contribution in [3.63, 3.8) is 0 Å². The molecule has 0 aromatic heterocycles. The summed E-state index contributed by atoms with van der Waals surface area (Å²) >= 11 is 3.30. The summed E-state index contributed by atoms with van der Waals surface area (Å²) in [6, 6.07) is 10.9. The van der Waals surface area contributed by atoms with Crippen molar-refractivity contribution in [2.45, 2.75) is 13.0 Å². The van der Waals surface area contributed by atoms with Crippen LogP contribution in [0.2, 0.25) is 0 Å². The zero-order valence-electron chi connectivity index (χ0n) is 12.5. The number of Topliss-reactive ketones (excluding diaryl/α,β-unsaturated/α-hetero) is 1. The highest BCUT2D eigenvalue weighted by atomic mass is 79.9. The van der Waals surface area contributed by atoms with Crippen molar-refractivity contribution in [1.29, 1.82) is 0 Å². The second kappa shape index (κ2) is 7.23. The van der Waals surface area contributed by atoms with E-state index in [0.717, 1.165) is 4.47 Å². The minimum Gasteiger partial charge on any atom is -0.493 e. The van der Waals surface area contributed by atoms with Gasteiger partial charge in [0.15, 0.2) is 17.6 Å². The van der Waals surface area contributed by atoms with Gasteiger partial charge in [-0.25, -0.2) is 0 Å². The molecule has 0 aliphatic rings. The third-order valence-electron chi connectivity index (χ3n) is 3.16. The molecule has 0 saturated heterocycles. The first-order valence-corrected chi connectivity index (χ1v) is 7.50. The van der Waals surface area contributed by atoms with Crippen molar-refractivity contribution in [1.82, 2.24) is 0 Å². The summed E-state index contributed by atoms with van der Waals surface area (Å²) in [7, 11) is 1.43. The lowest BCUT2D eigenvalue weighted by atomic mass is 10.1. The SMILES string of the molecule is COc1ccc([N+](=O)[O-])cc1OC(C)C(=O)c1ccc(Br)cc1.